The second kappa shape index (κ2) is 7.40. The third-order valence-electron chi connectivity index (χ3n) is 3.25. The van der Waals surface area contributed by atoms with Crippen LogP contribution in [0, 0.1) is 0 Å². The van der Waals surface area contributed by atoms with E-state index in [0.29, 0.717) is 17.2 Å². The smallest absolute Gasteiger partial charge is 0.335 e. The van der Waals surface area contributed by atoms with E-state index in [4.69, 9.17) is 24.1 Å². The SMILES string of the molecule is COc1ccc(COc2c(OC)cc(C(=O)O)cc2OC)cc1. The average molecular weight is 318 g/mol. The van der Waals surface area contributed by atoms with Crippen LogP contribution in [0.4, 0.5) is 0 Å². The second-order valence-electron chi connectivity index (χ2n) is 4.65. The molecule has 0 aliphatic heterocycles. The fourth-order valence-corrected chi connectivity index (χ4v) is 2.02. The van der Waals surface area contributed by atoms with Gasteiger partial charge in [0, 0.05) is 0 Å². The van der Waals surface area contributed by atoms with Crippen LogP contribution in [0.1, 0.15) is 15.9 Å². The van der Waals surface area contributed by atoms with Crippen LogP contribution in [0.2, 0.25) is 0 Å². The summed E-state index contributed by atoms with van der Waals surface area (Å²) in [6.07, 6.45) is 0. The zero-order valence-corrected chi connectivity index (χ0v) is 13.2. The summed E-state index contributed by atoms with van der Waals surface area (Å²) in [6.45, 7) is 0.281. The second-order valence-corrected chi connectivity index (χ2v) is 4.65. The van der Waals surface area contributed by atoms with E-state index < -0.39 is 5.97 Å². The van der Waals surface area contributed by atoms with Crippen molar-refractivity contribution in [2.45, 2.75) is 6.61 Å². The summed E-state index contributed by atoms with van der Waals surface area (Å²) in [5, 5.41) is 9.11. The van der Waals surface area contributed by atoms with E-state index in [1.54, 1.807) is 7.11 Å². The molecule has 0 aliphatic rings. The summed E-state index contributed by atoms with van der Waals surface area (Å²) in [5.74, 6) is 0.652. The molecule has 0 spiro atoms. The minimum Gasteiger partial charge on any atom is -0.497 e. The van der Waals surface area contributed by atoms with Crippen LogP contribution in [0.25, 0.3) is 0 Å². The van der Waals surface area contributed by atoms with E-state index in [9.17, 15) is 4.79 Å². The quantitative estimate of drug-likeness (QED) is 0.846. The monoisotopic (exact) mass is 318 g/mol. The molecular formula is C17H18O6. The zero-order valence-electron chi connectivity index (χ0n) is 13.2. The van der Waals surface area contributed by atoms with Gasteiger partial charge in [-0.25, -0.2) is 4.79 Å². The molecular weight excluding hydrogens is 300 g/mol. The number of carboxylic acids is 1. The fourth-order valence-electron chi connectivity index (χ4n) is 2.02. The van der Waals surface area contributed by atoms with Crippen molar-refractivity contribution in [2.24, 2.45) is 0 Å². The number of methoxy groups -OCH3 is 3. The first-order valence-corrected chi connectivity index (χ1v) is 6.84. The van der Waals surface area contributed by atoms with E-state index in [0.717, 1.165) is 11.3 Å². The third-order valence-corrected chi connectivity index (χ3v) is 3.25. The summed E-state index contributed by atoms with van der Waals surface area (Å²) in [4.78, 5) is 11.1. The Morgan fingerprint density at radius 1 is 0.957 bits per heavy atom. The number of hydrogen-bond donors (Lipinski definition) is 1. The van der Waals surface area contributed by atoms with E-state index in [2.05, 4.69) is 0 Å². The molecule has 0 radical (unpaired) electrons. The topological polar surface area (TPSA) is 74.2 Å². The van der Waals surface area contributed by atoms with Crippen molar-refractivity contribution in [3.05, 3.63) is 47.5 Å². The minimum absolute atomic E-state index is 0.0653. The number of ether oxygens (including phenoxy) is 4. The molecule has 6 heteroatoms. The van der Waals surface area contributed by atoms with Gasteiger partial charge in [0.05, 0.1) is 26.9 Å². The first-order chi connectivity index (χ1) is 11.1. The van der Waals surface area contributed by atoms with Crippen LogP contribution in [0.15, 0.2) is 36.4 Å². The highest BCUT2D eigenvalue weighted by molar-refractivity contribution is 5.89. The van der Waals surface area contributed by atoms with Gasteiger partial charge in [-0.3, -0.25) is 0 Å². The van der Waals surface area contributed by atoms with Gasteiger partial charge in [-0.15, -0.1) is 0 Å². The van der Waals surface area contributed by atoms with Gasteiger partial charge in [0.2, 0.25) is 5.75 Å². The normalized spacial score (nSPS) is 10.0. The zero-order chi connectivity index (χ0) is 16.8. The number of benzene rings is 2. The van der Waals surface area contributed by atoms with Crippen LogP contribution < -0.4 is 18.9 Å². The van der Waals surface area contributed by atoms with Crippen LogP contribution in [-0.2, 0) is 6.61 Å². The number of carboxylic acid groups (broad SMARTS) is 1. The van der Waals surface area contributed by atoms with E-state index in [1.807, 2.05) is 24.3 Å². The predicted molar refractivity (Wildman–Crippen MR) is 83.8 cm³/mol. The van der Waals surface area contributed by atoms with Gasteiger partial charge in [-0.2, -0.15) is 0 Å². The minimum atomic E-state index is -1.07. The molecule has 6 nitrogen and oxygen atoms in total. The van der Waals surface area contributed by atoms with Crippen LogP contribution in [0.5, 0.6) is 23.0 Å². The average Bonchev–Trinajstić information content (AvgIpc) is 2.59. The molecule has 2 rings (SSSR count). The molecule has 1 N–H and O–H groups in total. The molecule has 0 aromatic heterocycles. The predicted octanol–water partition coefficient (Wildman–Crippen LogP) is 2.99. The summed E-state index contributed by atoms with van der Waals surface area (Å²) in [7, 11) is 4.49. The first kappa shape index (κ1) is 16.5. The Kier molecular flexibility index (Phi) is 5.30. The largest absolute Gasteiger partial charge is 0.497 e. The van der Waals surface area contributed by atoms with Crippen molar-refractivity contribution in [3.8, 4) is 23.0 Å². The van der Waals surface area contributed by atoms with Crippen LogP contribution in [-0.4, -0.2) is 32.4 Å². The molecule has 0 saturated carbocycles. The van der Waals surface area contributed by atoms with Crippen molar-refractivity contribution in [1.82, 2.24) is 0 Å². The van der Waals surface area contributed by atoms with Gasteiger partial charge in [0.25, 0.3) is 0 Å². The van der Waals surface area contributed by atoms with Crippen molar-refractivity contribution >= 4 is 5.97 Å². The Balaban J connectivity index is 2.25. The maximum Gasteiger partial charge on any atom is 0.335 e. The summed E-state index contributed by atoms with van der Waals surface area (Å²) >= 11 is 0. The van der Waals surface area contributed by atoms with E-state index in [-0.39, 0.29) is 12.2 Å². The third kappa shape index (κ3) is 3.85. The highest BCUT2D eigenvalue weighted by atomic mass is 16.5. The summed E-state index contributed by atoms with van der Waals surface area (Å²) in [5.41, 5.74) is 0.993. The van der Waals surface area contributed by atoms with Crippen molar-refractivity contribution in [3.63, 3.8) is 0 Å². The molecule has 2 aromatic carbocycles. The Morgan fingerprint density at radius 2 is 1.52 bits per heavy atom. The van der Waals surface area contributed by atoms with E-state index >= 15 is 0 Å². The lowest BCUT2D eigenvalue weighted by molar-refractivity contribution is 0.0696. The molecule has 0 fully saturated rings. The van der Waals surface area contributed by atoms with Crippen molar-refractivity contribution in [2.75, 3.05) is 21.3 Å². The molecule has 2 aromatic rings. The van der Waals surface area contributed by atoms with E-state index in [1.165, 1.54) is 26.4 Å². The van der Waals surface area contributed by atoms with Crippen molar-refractivity contribution < 1.29 is 28.8 Å². The summed E-state index contributed by atoms with van der Waals surface area (Å²) < 4.78 is 21.3. The maximum atomic E-state index is 11.1. The highest BCUT2D eigenvalue weighted by Gasteiger charge is 2.17. The molecule has 0 unspecified atom stereocenters. The number of carbonyl (C=O) groups is 1. The lowest BCUT2D eigenvalue weighted by Crippen LogP contribution is -2.03. The molecule has 23 heavy (non-hydrogen) atoms. The van der Waals surface area contributed by atoms with Crippen molar-refractivity contribution in [1.29, 1.82) is 0 Å². The number of rotatable bonds is 7. The van der Waals surface area contributed by atoms with Crippen LogP contribution in [0.3, 0.4) is 0 Å². The molecule has 0 bridgehead atoms. The Hall–Kier alpha value is -2.89. The highest BCUT2D eigenvalue weighted by Crippen LogP contribution is 2.39. The van der Waals surface area contributed by atoms with Crippen LogP contribution >= 0.6 is 0 Å². The number of aromatic carboxylic acids is 1. The van der Waals surface area contributed by atoms with Gasteiger partial charge in [0.15, 0.2) is 11.5 Å². The number of hydrogen-bond acceptors (Lipinski definition) is 5. The van der Waals surface area contributed by atoms with Gasteiger partial charge >= 0.3 is 5.97 Å². The molecule has 0 aliphatic carbocycles. The van der Waals surface area contributed by atoms with Gasteiger partial charge in [-0.05, 0) is 29.8 Å². The van der Waals surface area contributed by atoms with Gasteiger partial charge < -0.3 is 24.1 Å². The Labute approximate surface area is 134 Å². The lowest BCUT2D eigenvalue weighted by Gasteiger charge is -2.15. The molecule has 0 atom stereocenters. The van der Waals surface area contributed by atoms with Gasteiger partial charge in [-0.1, -0.05) is 12.1 Å². The van der Waals surface area contributed by atoms with Gasteiger partial charge in [0.1, 0.15) is 12.4 Å². The molecule has 0 amide bonds. The fraction of sp³-hybridized carbons (Fsp3) is 0.235. The Bertz CT molecular complexity index is 653. The lowest BCUT2D eigenvalue weighted by atomic mass is 10.2. The molecule has 0 heterocycles. The summed E-state index contributed by atoms with van der Waals surface area (Å²) in [6, 6.07) is 10.2. The standard InChI is InChI=1S/C17H18O6/c1-20-13-6-4-11(5-7-13)10-23-16-14(21-2)8-12(17(18)19)9-15(16)22-3/h4-9H,10H2,1-3H3,(H,18,19). The first-order valence-electron chi connectivity index (χ1n) is 6.84. The molecule has 0 saturated heterocycles. The maximum absolute atomic E-state index is 11.1. The molecule has 122 valence electrons. The Morgan fingerprint density at radius 3 is 1.96 bits per heavy atom.